The maximum Gasteiger partial charge on any atom is 0.272 e. The van der Waals surface area contributed by atoms with Crippen molar-refractivity contribution in [3.05, 3.63) is 0 Å². The second-order valence-corrected chi connectivity index (χ2v) is 13.7. The summed E-state index contributed by atoms with van der Waals surface area (Å²) in [5.41, 5.74) is 0. The molecule has 0 saturated heterocycles. The van der Waals surface area contributed by atoms with Crippen LogP contribution < -0.4 is 0 Å². The first-order chi connectivity index (χ1) is 13.7. The molecule has 28 heavy (non-hydrogen) atoms. The SMILES string of the molecule is CCCCC[CH](CCC)[Al]([CH](CCC)CCCCC)[CH](CCC)CCCCC. The van der Waals surface area contributed by atoms with Crippen LogP contribution >= 0.6 is 0 Å². The fourth-order valence-electron chi connectivity index (χ4n) is 5.82. The van der Waals surface area contributed by atoms with Gasteiger partial charge in [0.15, 0.2) is 0 Å². The second kappa shape index (κ2) is 20.8. The Balaban J connectivity index is 5.51. The third-order valence-corrected chi connectivity index (χ3v) is 12.4. The van der Waals surface area contributed by atoms with Crippen LogP contribution in [-0.4, -0.2) is 14.1 Å². The van der Waals surface area contributed by atoms with E-state index >= 15 is 0 Å². The molecule has 168 valence electrons. The van der Waals surface area contributed by atoms with Crippen molar-refractivity contribution in [3.63, 3.8) is 0 Å². The zero-order valence-corrected chi connectivity index (χ0v) is 22.2. The zero-order chi connectivity index (χ0) is 21.0. The Morgan fingerprint density at radius 1 is 0.357 bits per heavy atom. The molecule has 0 aliphatic heterocycles. The second-order valence-electron chi connectivity index (χ2n) is 9.71. The highest BCUT2D eigenvalue weighted by Gasteiger charge is 2.39. The first kappa shape index (κ1) is 28.5. The smallest absolute Gasteiger partial charge is 0.0817 e. The van der Waals surface area contributed by atoms with Crippen LogP contribution in [-0.2, 0) is 0 Å². The maximum atomic E-state index is 2.45. The Kier molecular flexibility index (Phi) is 21.2. The normalized spacial score (nSPS) is 14.8. The zero-order valence-electron chi connectivity index (χ0n) is 21.0. The molecule has 0 aliphatic rings. The van der Waals surface area contributed by atoms with Gasteiger partial charge in [-0.15, -0.1) is 0 Å². The average Bonchev–Trinajstić information content (AvgIpc) is 2.68. The number of hydrogen-bond donors (Lipinski definition) is 0. The van der Waals surface area contributed by atoms with Crippen LogP contribution in [0.2, 0.25) is 14.3 Å². The predicted molar refractivity (Wildman–Crippen MR) is 134 cm³/mol. The van der Waals surface area contributed by atoms with E-state index in [0.29, 0.717) is 0 Å². The molecule has 0 N–H and O–H groups in total. The summed E-state index contributed by atoms with van der Waals surface area (Å²) in [7, 11) is 0. The van der Waals surface area contributed by atoms with Gasteiger partial charge in [-0.1, -0.05) is 171 Å². The predicted octanol–water partition coefficient (Wildman–Crippen LogP) is 10.7. The molecule has 0 amide bonds. The molecule has 0 rings (SSSR count). The van der Waals surface area contributed by atoms with Crippen molar-refractivity contribution in [3.8, 4) is 0 Å². The lowest BCUT2D eigenvalue weighted by Crippen LogP contribution is -2.33. The number of rotatable bonds is 21. The van der Waals surface area contributed by atoms with Crippen molar-refractivity contribution >= 4 is 14.1 Å². The molecule has 0 heterocycles. The van der Waals surface area contributed by atoms with E-state index < -0.39 is 14.1 Å². The molecule has 0 aromatic carbocycles. The summed E-state index contributed by atoms with van der Waals surface area (Å²) in [5.74, 6) is 0. The molecule has 0 aromatic rings. The van der Waals surface area contributed by atoms with Gasteiger partial charge in [-0.3, -0.25) is 0 Å². The van der Waals surface area contributed by atoms with Gasteiger partial charge >= 0.3 is 0 Å². The molecule has 1 heteroatoms. The van der Waals surface area contributed by atoms with Crippen LogP contribution in [0.25, 0.3) is 0 Å². The fraction of sp³-hybridized carbons (Fsp3) is 1.00. The lowest BCUT2D eigenvalue weighted by Gasteiger charge is -2.36. The Labute approximate surface area is 185 Å². The van der Waals surface area contributed by atoms with Crippen molar-refractivity contribution < 1.29 is 0 Å². The van der Waals surface area contributed by atoms with E-state index in [4.69, 9.17) is 0 Å². The lowest BCUT2D eigenvalue weighted by molar-refractivity contribution is 0.514. The highest BCUT2D eigenvalue weighted by Crippen LogP contribution is 2.45. The lowest BCUT2D eigenvalue weighted by atomic mass is 10.1. The van der Waals surface area contributed by atoms with E-state index in [0.717, 1.165) is 14.3 Å². The fourth-order valence-corrected chi connectivity index (χ4v) is 12.2. The summed E-state index contributed by atoms with van der Waals surface area (Å²) in [6, 6.07) is 0. The van der Waals surface area contributed by atoms with Crippen LogP contribution in [0.3, 0.4) is 0 Å². The van der Waals surface area contributed by atoms with Gasteiger partial charge in [0.1, 0.15) is 0 Å². The quantitative estimate of drug-likeness (QED) is 0.131. The van der Waals surface area contributed by atoms with Gasteiger partial charge in [-0.05, 0) is 0 Å². The van der Waals surface area contributed by atoms with Crippen molar-refractivity contribution in [2.45, 2.75) is 171 Å². The van der Waals surface area contributed by atoms with E-state index in [1.54, 1.807) is 38.5 Å². The summed E-state index contributed by atoms with van der Waals surface area (Å²) in [4.78, 5) is 0. The molecule has 3 atom stereocenters. The number of hydrogen-bond acceptors (Lipinski definition) is 0. The minimum atomic E-state index is -0.760. The molecule has 0 fully saturated rings. The largest absolute Gasteiger partial charge is 0.272 e. The van der Waals surface area contributed by atoms with Crippen LogP contribution in [0, 0.1) is 0 Å². The van der Waals surface area contributed by atoms with Gasteiger partial charge < -0.3 is 0 Å². The van der Waals surface area contributed by atoms with Gasteiger partial charge in [0.2, 0.25) is 0 Å². The first-order valence-corrected chi connectivity index (χ1v) is 15.7. The molecule has 0 aliphatic carbocycles. The minimum absolute atomic E-state index is 0.760. The Morgan fingerprint density at radius 2 is 0.643 bits per heavy atom. The van der Waals surface area contributed by atoms with Gasteiger partial charge in [0.05, 0.1) is 0 Å². The maximum absolute atomic E-state index is 2.45. The molecule has 0 saturated carbocycles. The van der Waals surface area contributed by atoms with Crippen LogP contribution in [0.1, 0.15) is 157 Å². The third kappa shape index (κ3) is 13.0. The van der Waals surface area contributed by atoms with Gasteiger partial charge in [0.25, 0.3) is 14.1 Å². The Morgan fingerprint density at radius 3 is 0.857 bits per heavy atom. The summed E-state index contributed by atoms with van der Waals surface area (Å²) in [5, 5.41) is 0. The van der Waals surface area contributed by atoms with Crippen molar-refractivity contribution in [1.82, 2.24) is 0 Å². The molecule has 0 radical (unpaired) electrons. The first-order valence-electron chi connectivity index (χ1n) is 13.7. The highest BCUT2D eigenvalue weighted by atomic mass is 27.2. The molecule has 0 aromatic heterocycles. The third-order valence-electron chi connectivity index (χ3n) is 7.15. The molecular formula is C27H57Al. The van der Waals surface area contributed by atoms with E-state index in [-0.39, 0.29) is 0 Å². The van der Waals surface area contributed by atoms with Crippen LogP contribution in [0.5, 0.6) is 0 Å². The summed E-state index contributed by atoms with van der Waals surface area (Å²) < 4.78 is 3.40. The van der Waals surface area contributed by atoms with E-state index in [1.807, 2.05) is 0 Å². The molecule has 0 spiro atoms. The van der Waals surface area contributed by atoms with Gasteiger partial charge in [0, 0.05) is 0 Å². The Hall–Kier alpha value is 0.532. The van der Waals surface area contributed by atoms with Crippen LogP contribution in [0.4, 0.5) is 0 Å². The van der Waals surface area contributed by atoms with Gasteiger partial charge in [-0.2, -0.15) is 0 Å². The van der Waals surface area contributed by atoms with E-state index in [9.17, 15) is 0 Å². The Bertz CT molecular complexity index is 253. The van der Waals surface area contributed by atoms with Crippen molar-refractivity contribution in [2.75, 3.05) is 0 Å². The topological polar surface area (TPSA) is 0 Å². The molecule has 0 bridgehead atoms. The van der Waals surface area contributed by atoms with Gasteiger partial charge in [-0.25, -0.2) is 0 Å². The van der Waals surface area contributed by atoms with Crippen molar-refractivity contribution in [1.29, 1.82) is 0 Å². The molecule has 3 unspecified atom stereocenters. The molecular weight excluding hydrogens is 351 g/mol. The summed E-state index contributed by atoms with van der Waals surface area (Å²) in [6.07, 6.45) is 26.7. The van der Waals surface area contributed by atoms with E-state index in [1.165, 1.54) is 77.0 Å². The standard InChI is InChI=1S/3C9H19.Al/c3*1-3-5-7-9-8-6-4-2;/h3*7H,3-6,8-9H2,1-2H3;. The van der Waals surface area contributed by atoms with E-state index in [2.05, 4.69) is 41.5 Å². The molecule has 0 nitrogen and oxygen atoms in total. The van der Waals surface area contributed by atoms with Crippen LogP contribution in [0.15, 0.2) is 0 Å². The summed E-state index contributed by atoms with van der Waals surface area (Å²) in [6.45, 7) is 14.5. The average molecular weight is 409 g/mol. The summed E-state index contributed by atoms with van der Waals surface area (Å²) >= 11 is -0.760. The van der Waals surface area contributed by atoms with Crippen molar-refractivity contribution in [2.24, 2.45) is 0 Å². The minimum Gasteiger partial charge on any atom is -0.0817 e. The monoisotopic (exact) mass is 408 g/mol. The number of unbranched alkanes of at least 4 members (excludes halogenated alkanes) is 6. The highest BCUT2D eigenvalue weighted by molar-refractivity contribution is 6.63.